The lowest BCUT2D eigenvalue weighted by Crippen LogP contribution is -2.49. The van der Waals surface area contributed by atoms with Crippen LogP contribution < -0.4 is 20.9 Å². The van der Waals surface area contributed by atoms with Crippen molar-refractivity contribution < 1.29 is 23.9 Å². The Morgan fingerprint density at radius 1 is 1.04 bits per heavy atom. The summed E-state index contributed by atoms with van der Waals surface area (Å²) in [7, 11) is 0. The number of hydrogen-bond donors (Lipinski definition) is 3. The van der Waals surface area contributed by atoms with Crippen LogP contribution in [0.3, 0.4) is 0 Å². The number of benzene rings is 2. The Balaban J connectivity index is 1.71. The molecule has 0 bridgehead atoms. The van der Waals surface area contributed by atoms with Crippen molar-refractivity contribution in [2.45, 2.75) is 6.92 Å². The first-order valence-electron chi connectivity index (χ1n) is 8.34. The summed E-state index contributed by atoms with van der Waals surface area (Å²) in [5, 5.41) is 4.18. The van der Waals surface area contributed by atoms with Gasteiger partial charge in [0, 0.05) is 12.2 Å². The topological polar surface area (TPSA) is 106 Å². The quantitative estimate of drug-likeness (QED) is 0.290. The zero-order chi connectivity index (χ0) is 20.4. The van der Waals surface area contributed by atoms with Crippen LogP contribution in [0.1, 0.15) is 6.92 Å². The lowest BCUT2D eigenvalue weighted by atomic mass is 10.1. The van der Waals surface area contributed by atoms with E-state index < -0.39 is 17.8 Å². The molecule has 0 aliphatic heterocycles. The molecule has 0 atom stereocenters. The van der Waals surface area contributed by atoms with Crippen LogP contribution in [0, 0.1) is 0 Å². The maximum absolute atomic E-state index is 11.8. The summed E-state index contributed by atoms with van der Waals surface area (Å²) in [5.41, 5.74) is 4.66. The molecule has 2 rings (SSSR count). The van der Waals surface area contributed by atoms with E-state index >= 15 is 0 Å². The van der Waals surface area contributed by atoms with E-state index in [2.05, 4.69) is 20.9 Å². The first-order valence-corrected chi connectivity index (χ1v) is 8.75. The highest BCUT2D eigenvalue weighted by Gasteiger charge is 2.06. The average Bonchev–Trinajstić information content (AvgIpc) is 2.69. The minimum absolute atomic E-state index is 0.141. The summed E-state index contributed by atoms with van der Waals surface area (Å²) in [6, 6.07) is 13.3. The molecule has 2 aromatic rings. The molecule has 0 aliphatic carbocycles. The summed E-state index contributed by atoms with van der Waals surface area (Å²) >= 11 is 4.86. The Bertz CT molecular complexity index is 913. The number of rotatable bonds is 6. The second-order valence-corrected chi connectivity index (χ2v) is 5.78. The molecule has 28 heavy (non-hydrogen) atoms. The SMILES string of the molecule is CCOC(=O)/C=C/C(=O)NC(=S)NNC(=O)COc1ccc2ccccc2c1. The molecule has 146 valence electrons. The van der Waals surface area contributed by atoms with Crippen LogP contribution in [0.15, 0.2) is 54.6 Å². The number of nitrogens with one attached hydrogen (secondary N) is 3. The number of ether oxygens (including phenoxy) is 2. The molecule has 3 N–H and O–H groups in total. The average molecular weight is 401 g/mol. The van der Waals surface area contributed by atoms with E-state index in [4.69, 9.17) is 17.0 Å². The number of esters is 1. The van der Waals surface area contributed by atoms with Crippen LogP contribution in [0.25, 0.3) is 10.8 Å². The molecule has 0 aromatic heterocycles. The molecule has 0 spiro atoms. The van der Waals surface area contributed by atoms with Crippen molar-refractivity contribution in [3.8, 4) is 5.75 Å². The van der Waals surface area contributed by atoms with Gasteiger partial charge in [-0.1, -0.05) is 30.3 Å². The fourth-order valence-corrected chi connectivity index (χ4v) is 2.24. The summed E-state index contributed by atoms with van der Waals surface area (Å²) in [6.45, 7) is 1.61. The second-order valence-electron chi connectivity index (χ2n) is 5.37. The molecule has 2 amide bonds. The van der Waals surface area contributed by atoms with Crippen molar-refractivity contribution >= 4 is 45.9 Å². The van der Waals surface area contributed by atoms with Crippen LogP contribution in [0.2, 0.25) is 0 Å². The van der Waals surface area contributed by atoms with Gasteiger partial charge in [0.15, 0.2) is 11.7 Å². The van der Waals surface area contributed by atoms with E-state index in [1.54, 1.807) is 13.0 Å². The van der Waals surface area contributed by atoms with Gasteiger partial charge in [0.1, 0.15) is 5.75 Å². The highest BCUT2D eigenvalue weighted by Crippen LogP contribution is 2.20. The van der Waals surface area contributed by atoms with E-state index in [0.29, 0.717) is 5.75 Å². The summed E-state index contributed by atoms with van der Waals surface area (Å²) in [4.78, 5) is 34.5. The third-order valence-corrected chi connectivity index (χ3v) is 3.50. The van der Waals surface area contributed by atoms with Gasteiger partial charge in [0.05, 0.1) is 6.61 Å². The van der Waals surface area contributed by atoms with Crippen LogP contribution in [-0.2, 0) is 19.1 Å². The third-order valence-electron chi connectivity index (χ3n) is 3.30. The number of fused-ring (bicyclic) bond motifs is 1. The van der Waals surface area contributed by atoms with Gasteiger partial charge in [-0.3, -0.25) is 25.8 Å². The number of hydrazine groups is 1. The van der Waals surface area contributed by atoms with E-state index in [1.807, 2.05) is 36.4 Å². The Labute approximate surface area is 166 Å². The molecule has 0 unspecified atom stereocenters. The van der Waals surface area contributed by atoms with Crippen LogP contribution in [0.4, 0.5) is 0 Å². The minimum Gasteiger partial charge on any atom is -0.484 e. The predicted molar refractivity (Wildman–Crippen MR) is 107 cm³/mol. The largest absolute Gasteiger partial charge is 0.484 e. The van der Waals surface area contributed by atoms with Gasteiger partial charge in [-0.15, -0.1) is 0 Å². The first-order chi connectivity index (χ1) is 13.5. The predicted octanol–water partition coefficient (Wildman–Crippen LogP) is 1.36. The lowest BCUT2D eigenvalue weighted by molar-refractivity contribution is -0.137. The standard InChI is InChI=1S/C19H19N3O5S/c1-2-26-18(25)10-9-16(23)20-19(28)22-21-17(24)12-27-15-8-7-13-5-3-4-6-14(13)11-15/h3-11H,2,12H2,1H3,(H,21,24)(H2,20,22,23,28)/b10-9+. The molecular formula is C19H19N3O5S. The van der Waals surface area contributed by atoms with E-state index in [-0.39, 0.29) is 18.3 Å². The Kier molecular flexibility index (Phi) is 7.92. The normalized spacial score (nSPS) is 10.3. The van der Waals surface area contributed by atoms with Crippen LogP contribution in [-0.4, -0.2) is 36.1 Å². The Morgan fingerprint density at radius 2 is 1.79 bits per heavy atom. The van der Waals surface area contributed by atoms with Crippen molar-refractivity contribution in [1.82, 2.24) is 16.2 Å². The van der Waals surface area contributed by atoms with E-state index in [1.165, 1.54) is 0 Å². The van der Waals surface area contributed by atoms with Gasteiger partial charge in [-0.2, -0.15) is 0 Å². The highest BCUT2D eigenvalue weighted by atomic mass is 32.1. The highest BCUT2D eigenvalue weighted by molar-refractivity contribution is 7.80. The van der Waals surface area contributed by atoms with Crippen molar-refractivity contribution in [2.75, 3.05) is 13.2 Å². The van der Waals surface area contributed by atoms with Gasteiger partial charge in [0.25, 0.3) is 5.91 Å². The second kappa shape index (κ2) is 10.6. The molecule has 9 heteroatoms. The third kappa shape index (κ3) is 7.04. The van der Waals surface area contributed by atoms with Gasteiger partial charge in [-0.05, 0) is 42.0 Å². The maximum atomic E-state index is 11.8. The summed E-state index contributed by atoms with van der Waals surface area (Å²) in [5.74, 6) is -1.23. The zero-order valence-electron chi connectivity index (χ0n) is 15.1. The summed E-state index contributed by atoms with van der Waals surface area (Å²) in [6.07, 6.45) is 1.94. The van der Waals surface area contributed by atoms with Crippen molar-refractivity contribution in [2.24, 2.45) is 0 Å². The zero-order valence-corrected chi connectivity index (χ0v) is 15.9. The number of amides is 2. The summed E-state index contributed by atoms with van der Waals surface area (Å²) < 4.78 is 10.1. The molecule has 0 fully saturated rings. The molecule has 0 saturated carbocycles. The van der Waals surface area contributed by atoms with Gasteiger partial charge in [-0.25, -0.2) is 4.79 Å². The molecule has 0 aliphatic rings. The molecule has 0 saturated heterocycles. The van der Waals surface area contributed by atoms with Crippen LogP contribution in [0.5, 0.6) is 5.75 Å². The Hall–Kier alpha value is -3.46. The maximum Gasteiger partial charge on any atom is 0.330 e. The number of carbonyl (C=O) groups is 3. The lowest BCUT2D eigenvalue weighted by Gasteiger charge is -2.11. The molecule has 0 radical (unpaired) electrons. The first kappa shape index (κ1) is 20.8. The molecule has 8 nitrogen and oxygen atoms in total. The van der Waals surface area contributed by atoms with Crippen molar-refractivity contribution in [1.29, 1.82) is 0 Å². The van der Waals surface area contributed by atoms with Gasteiger partial charge >= 0.3 is 5.97 Å². The monoisotopic (exact) mass is 401 g/mol. The smallest absolute Gasteiger partial charge is 0.330 e. The Morgan fingerprint density at radius 3 is 2.54 bits per heavy atom. The minimum atomic E-state index is -0.646. The van der Waals surface area contributed by atoms with Crippen molar-refractivity contribution in [3.63, 3.8) is 0 Å². The van der Waals surface area contributed by atoms with Gasteiger partial charge in [0.2, 0.25) is 5.91 Å². The number of carbonyl (C=O) groups excluding carboxylic acids is 3. The van der Waals surface area contributed by atoms with E-state index in [0.717, 1.165) is 22.9 Å². The fraction of sp³-hybridized carbons (Fsp3) is 0.158. The molecule has 2 aromatic carbocycles. The van der Waals surface area contributed by atoms with Crippen LogP contribution >= 0.6 is 12.2 Å². The number of hydrogen-bond acceptors (Lipinski definition) is 6. The van der Waals surface area contributed by atoms with Crippen molar-refractivity contribution in [3.05, 3.63) is 54.6 Å². The number of thiocarbonyl (C=S) groups is 1. The molecule has 0 heterocycles. The fourth-order valence-electron chi connectivity index (χ4n) is 2.09. The van der Waals surface area contributed by atoms with Gasteiger partial charge < -0.3 is 9.47 Å². The van der Waals surface area contributed by atoms with E-state index in [9.17, 15) is 14.4 Å². The molecular weight excluding hydrogens is 382 g/mol.